The second-order valence-electron chi connectivity index (χ2n) is 13.0. The molecule has 1 aliphatic rings. The minimum atomic E-state index is -5.61. The standard InChI is InChI=1S/C35H32ClF5N2O5S/c1-35(2,3)23-11-20(10-22(12-23)21-6-7-21)17-43(25-13-26(44)15-27(45)14-25)28(46)18-42(16-19-4-8-24(36)9-5-19)49(47,48)34-32(40)30(38)29(37)31(39)33(34)41/h4-5,8-15,21,44-45H,6-7,16-18H2,1-3H3. The van der Waals surface area contributed by atoms with Crippen molar-refractivity contribution in [2.45, 2.75) is 62.9 Å². The Bertz CT molecular complexity index is 1980. The second-order valence-corrected chi connectivity index (χ2v) is 15.3. The number of carbonyl (C=O) groups is 1. The zero-order valence-electron chi connectivity index (χ0n) is 26.6. The molecule has 49 heavy (non-hydrogen) atoms. The Kier molecular flexibility index (Phi) is 10.0. The number of phenolic OH excluding ortho intramolecular Hbond substituents is 2. The fraction of sp³-hybridized carbons (Fsp3) is 0.286. The SMILES string of the molecule is CC(C)(C)c1cc(CN(C(=O)CN(Cc2ccc(Cl)cc2)S(=O)(=O)c2c(F)c(F)c(F)c(F)c2F)c2cc(O)cc(O)c2)cc(C2CC2)c1. The molecule has 0 radical (unpaired) electrons. The van der Waals surface area contributed by atoms with Crippen molar-refractivity contribution < 1.29 is 45.4 Å². The molecule has 0 spiro atoms. The zero-order chi connectivity index (χ0) is 36.0. The van der Waals surface area contributed by atoms with Crippen LogP contribution in [0.1, 0.15) is 61.8 Å². The summed E-state index contributed by atoms with van der Waals surface area (Å²) in [6.07, 6.45) is 1.96. The molecule has 0 atom stereocenters. The van der Waals surface area contributed by atoms with E-state index in [9.17, 15) is 45.4 Å². The van der Waals surface area contributed by atoms with E-state index in [1.165, 1.54) is 24.3 Å². The predicted molar refractivity (Wildman–Crippen MR) is 173 cm³/mol. The van der Waals surface area contributed by atoms with Gasteiger partial charge < -0.3 is 15.1 Å². The van der Waals surface area contributed by atoms with E-state index in [2.05, 4.69) is 6.07 Å². The molecule has 0 saturated heterocycles. The van der Waals surface area contributed by atoms with Gasteiger partial charge in [-0.2, -0.15) is 4.31 Å². The third-order valence-corrected chi connectivity index (χ3v) is 10.2. The van der Waals surface area contributed by atoms with Crippen molar-refractivity contribution in [3.8, 4) is 11.5 Å². The third-order valence-electron chi connectivity index (χ3n) is 8.12. The minimum Gasteiger partial charge on any atom is -0.508 e. The van der Waals surface area contributed by atoms with Crippen LogP contribution in [-0.2, 0) is 33.3 Å². The fourth-order valence-electron chi connectivity index (χ4n) is 5.33. The van der Waals surface area contributed by atoms with Gasteiger partial charge in [0.15, 0.2) is 28.2 Å². The Hall–Kier alpha value is -4.20. The maximum absolute atomic E-state index is 14.9. The molecule has 1 amide bonds. The van der Waals surface area contributed by atoms with Gasteiger partial charge in [-0.25, -0.2) is 30.4 Å². The Morgan fingerprint density at radius 2 is 1.35 bits per heavy atom. The molecule has 14 heteroatoms. The van der Waals surface area contributed by atoms with Gasteiger partial charge in [0.25, 0.3) is 0 Å². The summed E-state index contributed by atoms with van der Waals surface area (Å²) >= 11 is 5.94. The van der Waals surface area contributed by atoms with Crippen LogP contribution in [0.5, 0.6) is 11.5 Å². The topological polar surface area (TPSA) is 98.2 Å². The van der Waals surface area contributed by atoms with Crippen molar-refractivity contribution in [1.29, 1.82) is 0 Å². The van der Waals surface area contributed by atoms with E-state index in [0.717, 1.165) is 47.1 Å². The number of amides is 1. The van der Waals surface area contributed by atoms with Gasteiger partial charge in [0.2, 0.25) is 21.7 Å². The predicted octanol–water partition coefficient (Wildman–Crippen LogP) is 8.05. The number of anilines is 1. The van der Waals surface area contributed by atoms with Crippen LogP contribution in [0, 0.1) is 29.1 Å². The number of sulfonamides is 1. The van der Waals surface area contributed by atoms with E-state index >= 15 is 0 Å². The van der Waals surface area contributed by atoms with E-state index in [1.54, 1.807) is 0 Å². The lowest BCUT2D eigenvalue weighted by Gasteiger charge is -2.29. The van der Waals surface area contributed by atoms with Gasteiger partial charge in [0.05, 0.1) is 18.8 Å². The van der Waals surface area contributed by atoms with Gasteiger partial charge >= 0.3 is 0 Å². The quantitative estimate of drug-likeness (QED) is 0.0981. The molecule has 0 bridgehead atoms. The summed E-state index contributed by atoms with van der Waals surface area (Å²) in [5, 5.41) is 20.8. The number of aromatic hydroxyl groups is 2. The lowest BCUT2D eigenvalue weighted by molar-refractivity contribution is -0.119. The van der Waals surface area contributed by atoms with Gasteiger partial charge in [-0.3, -0.25) is 4.79 Å². The second kappa shape index (κ2) is 13.6. The summed E-state index contributed by atoms with van der Waals surface area (Å²) in [6.45, 7) is 3.93. The van der Waals surface area contributed by atoms with E-state index in [-0.39, 0.29) is 32.5 Å². The summed E-state index contributed by atoms with van der Waals surface area (Å²) in [6, 6.07) is 14.6. The number of benzene rings is 4. The first-order chi connectivity index (χ1) is 22.9. The number of hydrogen-bond donors (Lipinski definition) is 2. The smallest absolute Gasteiger partial charge is 0.249 e. The molecule has 4 aromatic rings. The molecule has 260 valence electrons. The average Bonchev–Trinajstić information content (AvgIpc) is 3.87. The van der Waals surface area contributed by atoms with Crippen LogP contribution in [0.2, 0.25) is 5.02 Å². The average molecular weight is 723 g/mol. The third kappa shape index (κ3) is 7.84. The van der Waals surface area contributed by atoms with Crippen LogP contribution in [0.3, 0.4) is 0 Å². The van der Waals surface area contributed by atoms with Crippen LogP contribution in [0.4, 0.5) is 27.6 Å². The van der Waals surface area contributed by atoms with E-state index < -0.39 is 74.5 Å². The first-order valence-corrected chi connectivity index (χ1v) is 16.9. The minimum absolute atomic E-state index is 0.0586. The number of nitrogens with zero attached hydrogens (tertiary/aromatic N) is 2. The highest BCUT2D eigenvalue weighted by molar-refractivity contribution is 7.89. The summed E-state index contributed by atoms with van der Waals surface area (Å²) < 4.78 is 100. The molecule has 0 unspecified atom stereocenters. The van der Waals surface area contributed by atoms with Crippen LogP contribution in [0.25, 0.3) is 0 Å². The Morgan fingerprint density at radius 3 is 1.88 bits per heavy atom. The molecule has 0 aromatic heterocycles. The largest absolute Gasteiger partial charge is 0.508 e. The van der Waals surface area contributed by atoms with Crippen LogP contribution >= 0.6 is 11.6 Å². The summed E-state index contributed by atoms with van der Waals surface area (Å²) in [5.41, 5.74) is 2.42. The monoisotopic (exact) mass is 722 g/mol. The maximum Gasteiger partial charge on any atom is 0.249 e. The molecule has 7 nitrogen and oxygen atoms in total. The van der Waals surface area contributed by atoms with Crippen molar-refractivity contribution in [2.75, 3.05) is 11.4 Å². The van der Waals surface area contributed by atoms with Crippen molar-refractivity contribution in [1.82, 2.24) is 4.31 Å². The van der Waals surface area contributed by atoms with Crippen molar-refractivity contribution >= 4 is 33.2 Å². The molecule has 0 aliphatic heterocycles. The highest BCUT2D eigenvalue weighted by atomic mass is 35.5. The molecule has 0 heterocycles. The first kappa shape index (κ1) is 36.1. The van der Waals surface area contributed by atoms with Gasteiger partial charge in [0, 0.05) is 29.8 Å². The number of phenols is 2. The summed E-state index contributed by atoms with van der Waals surface area (Å²) in [7, 11) is -5.61. The Balaban J connectivity index is 1.62. The molecular formula is C35H32ClF5N2O5S. The zero-order valence-corrected chi connectivity index (χ0v) is 28.1. The molecule has 4 aromatic carbocycles. The lowest BCUT2D eigenvalue weighted by atomic mass is 9.84. The van der Waals surface area contributed by atoms with Gasteiger partial charge in [-0.15, -0.1) is 0 Å². The van der Waals surface area contributed by atoms with Gasteiger partial charge in [0.1, 0.15) is 11.5 Å². The number of rotatable bonds is 10. The highest BCUT2D eigenvalue weighted by Gasteiger charge is 2.39. The van der Waals surface area contributed by atoms with E-state index in [1.807, 2.05) is 32.9 Å². The number of carbonyl (C=O) groups excluding carboxylic acids is 1. The molecule has 1 saturated carbocycles. The van der Waals surface area contributed by atoms with Crippen LogP contribution in [0.15, 0.2) is 65.6 Å². The Labute approximate surface area is 285 Å². The van der Waals surface area contributed by atoms with Crippen molar-refractivity contribution in [3.63, 3.8) is 0 Å². The molecule has 2 N–H and O–H groups in total. The lowest BCUT2D eigenvalue weighted by Crippen LogP contribution is -2.43. The molecule has 1 aliphatic carbocycles. The maximum atomic E-state index is 14.9. The van der Waals surface area contributed by atoms with Crippen molar-refractivity contribution in [3.05, 3.63) is 117 Å². The first-order valence-electron chi connectivity index (χ1n) is 15.1. The molecular weight excluding hydrogens is 691 g/mol. The van der Waals surface area contributed by atoms with Crippen LogP contribution in [-0.4, -0.2) is 35.4 Å². The van der Waals surface area contributed by atoms with Gasteiger partial charge in [-0.05, 0) is 58.6 Å². The number of halogens is 6. The highest BCUT2D eigenvalue weighted by Crippen LogP contribution is 2.42. The Morgan fingerprint density at radius 1 is 0.796 bits per heavy atom. The van der Waals surface area contributed by atoms with Crippen LogP contribution < -0.4 is 4.90 Å². The normalized spacial score (nSPS) is 13.6. The number of hydrogen-bond acceptors (Lipinski definition) is 5. The summed E-state index contributed by atoms with van der Waals surface area (Å²) in [5.74, 6) is -14.2. The van der Waals surface area contributed by atoms with E-state index in [4.69, 9.17) is 11.6 Å². The van der Waals surface area contributed by atoms with E-state index in [0.29, 0.717) is 11.5 Å². The van der Waals surface area contributed by atoms with Crippen molar-refractivity contribution in [2.24, 2.45) is 0 Å². The fourth-order valence-corrected chi connectivity index (χ4v) is 6.95. The van der Waals surface area contributed by atoms with Gasteiger partial charge in [-0.1, -0.05) is 62.7 Å². The molecule has 1 fully saturated rings. The summed E-state index contributed by atoms with van der Waals surface area (Å²) in [4.78, 5) is 13.1. The molecule has 5 rings (SSSR count).